The van der Waals surface area contributed by atoms with Gasteiger partial charge in [0.1, 0.15) is 18.1 Å². The lowest BCUT2D eigenvalue weighted by Gasteiger charge is -2.34. The molecule has 6 nitrogen and oxygen atoms in total. The Kier molecular flexibility index (Phi) is 6.73. The highest BCUT2D eigenvalue weighted by atomic mass is 16.3. The molecule has 3 N–H and O–H groups in total. The molecule has 1 atom stereocenters. The monoisotopic (exact) mass is 343 g/mol. The number of aliphatic hydroxyl groups is 1. The first kappa shape index (κ1) is 19.1. The van der Waals surface area contributed by atoms with Gasteiger partial charge in [-0.15, -0.1) is 0 Å². The molecule has 2 aliphatic heterocycles. The van der Waals surface area contributed by atoms with Crippen molar-refractivity contribution in [1.29, 1.82) is 0 Å². The number of nitrogens with two attached hydrogens (primary N) is 1. The van der Waals surface area contributed by atoms with E-state index in [9.17, 15) is 5.11 Å². The largest absolute Gasteiger partial charge is 0.384 e. The first-order chi connectivity index (χ1) is 12.0. The second-order valence-corrected chi connectivity index (χ2v) is 6.43. The fourth-order valence-corrected chi connectivity index (χ4v) is 3.06. The quantitative estimate of drug-likeness (QED) is 0.696. The summed E-state index contributed by atoms with van der Waals surface area (Å²) in [6.45, 7) is 4.87. The number of hydrogen-bond donors (Lipinski definition) is 2. The van der Waals surface area contributed by atoms with Crippen LogP contribution in [0.3, 0.4) is 0 Å². The minimum absolute atomic E-state index is 0.401. The van der Waals surface area contributed by atoms with Crippen molar-refractivity contribution in [3.05, 3.63) is 46.8 Å². The zero-order chi connectivity index (χ0) is 18.4. The fraction of sp³-hybridized carbons (Fsp3) is 0.474. The van der Waals surface area contributed by atoms with Crippen LogP contribution in [0.25, 0.3) is 0 Å². The minimum Gasteiger partial charge on any atom is -0.384 e. The van der Waals surface area contributed by atoms with Gasteiger partial charge in [-0.1, -0.05) is 24.3 Å². The highest BCUT2D eigenvalue weighted by molar-refractivity contribution is 6.03. The molecule has 136 valence electrons. The van der Waals surface area contributed by atoms with Crippen LogP contribution in [0.1, 0.15) is 33.1 Å². The van der Waals surface area contributed by atoms with E-state index in [1.54, 1.807) is 0 Å². The molecular weight excluding hydrogens is 314 g/mol. The van der Waals surface area contributed by atoms with E-state index < -0.39 is 6.10 Å². The molecule has 0 aromatic carbocycles. The van der Waals surface area contributed by atoms with Gasteiger partial charge in [0.25, 0.3) is 0 Å². The lowest BCUT2D eigenvalue weighted by Crippen LogP contribution is -2.36. The summed E-state index contributed by atoms with van der Waals surface area (Å²) < 4.78 is 0. The Balaban J connectivity index is 2.29. The second-order valence-electron chi connectivity index (χ2n) is 6.43. The topological polar surface area (TPSA) is 77.4 Å². The van der Waals surface area contributed by atoms with Gasteiger partial charge in [0.15, 0.2) is 5.84 Å². The van der Waals surface area contributed by atoms with Crippen LogP contribution in [0.4, 0.5) is 0 Å². The van der Waals surface area contributed by atoms with Crippen LogP contribution in [0.15, 0.2) is 56.9 Å². The van der Waals surface area contributed by atoms with Crippen molar-refractivity contribution in [3.63, 3.8) is 0 Å². The molecule has 0 bridgehead atoms. The molecule has 0 radical (unpaired) electrons. The van der Waals surface area contributed by atoms with E-state index in [-0.39, 0.29) is 0 Å². The Morgan fingerprint density at radius 3 is 2.84 bits per heavy atom. The average molecular weight is 343 g/mol. The smallest absolute Gasteiger partial charge is 0.151 e. The molecule has 0 spiro atoms. The Morgan fingerprint density at radius 2 is 2.20 bits per heavy atom. The van der Waals surface area contributed by atoms with Crippen molar-refractivity contribution in [2.24, 2.45) is 15.8 Å². The van der Waals surface area contributed by atoms with Gasteiger partial charge in [0.05, 0.1) is 0 Å². The van der Waals surface area contributed by atoms with Crippen molar-refractivity contribution < 1.29 is 5.11 Å². The zero-order valence-electron chi connectivity index (χ0n) is 15.6. The Hall–Kier alpha value is -2.18. The molecule has 2 aliphatic rings. The third kappa shape index (κ3) is 4.46. The van der Waals surface area contributed by atoms with Crippen LogP contribution < -0.4 is 5.73 Å². The first-order valence-electron chi connectivity index (χ1n) is 8.69. The van der Waals surface area contributed by atoms with E-state index in [1.165, 1.54) is 6.34 Å². The average Bonchev–Trinajstić information content (AvgIpc) is 2.59. The maximum absolute atomic E-state index is 10.9. The number of rotatable bonds is 7. The van der Waals surface area contributed by atoms with Crippen molar-refractivity contribution in [3.8, 4) is 0 Å². The summed E-state index contributed by atoms with van der Waals surface area (Å²) in [4.78, 5) is 6.31. The highest BCUT2D eigenvalue weighted by Gasteiger charge is 2.30. The maximum atomic E-state index is 10.9. The third-order valence-electron chi connectivity index (χ3n) is 4.33. The summed E-state index contributed by atoms with van der Waals surface area (Å²) in [7, 11) is 4.14. The molecule has 25 heavy (non-hydrogen) atoms. The second kappa shape index (κ2) is 8.78. The summed E-state index contributed by atoms with van der Waals surface area (Å²) >= 11 is 0. The van der Waals surface area contributed by atoms with E-state index >= 15 is 0 Å². The summed E-state index contributed by atoms with van der Waals surface area (Å²) in [6.07, 6.45) is 11.2. The van der Waals surface area contributed by atoms with E-state index in [4.69, 9.17) is 5.73 Å². The van der Waals surface area contributed by atoms with Gasteiger partial charge in [-0.2, -0.15) is 5.10 Å². The Bertz CT molecular complexity index is 667. The molecule has 0 aromatic rings. The molecule has 2 rings (SSSR count). The summed E-state index contributed by atoms with van der Waals surface area (Å²) in [5.74, 6) is 0.401. The van der Waals surface area contributed by atoms with Gasteiger partial charge in [-0.25, -0.2) is 10.0 Å². The van der Waals surface area contributed by atoms with Gasteiger partial charge < -0.3 is 15.7 Å². The lowest BCUT2D eigenvalue weighted by molar-refractivity contribution is 0.240. The maximum Gasteiger partial charge on any atom is 0.151 e. The summed E-state index contributed by atoms with van der Waals surface area (Å²) in [5.41, 5.74) is 9.66. The molecule has 0 fully saturated rings. The van der Waals surface area contributed by atoms with E-state index in [1.807, 2.05) is 37.1 Å². The van der Waals surface area contributed by atoms with E-state index in [0.717, 1.165) is 41.9 Å². The van der Waals surface area contributed by atoms with Crippen LogP contribution in [0.2, 0.25) is 0 Å². The van der Waals surface area contributed by atoms with Crippen LogP contribution in [0.5, 0.6) is 0 Å². The first-order valence-corrected chi connectivity index (χ1v) is 8.69. The Labute approximate surface area is 150 Å². The van der Waals surface area contributed by atoms with Crippen LogP contribution in [-0.4, -0.2) is 53.9 Å². The number of aliphatic imine (C=N–C) groups is 1. The van der Waals surface area contributed by atoms with Crippen LogP contribution in [0, 0.1) is 0 Å². The normalized spacial score (nSPS) is 19.4. The number of hydrazone groups is 1. The predicted molar refractivity (Wildman–Crippen MR) is 104 cm³/mol. The number of amidine groups is 1. The molecule has 6 heteroatoms. The molecular formula is C19H29N5O. The predicted octanol–water partition coefficient (Wildman–Crippen LogP) is 2.37. The van der Waals surface area contributed by atoms with Crippen LogP contribution in [-0.2, 0) is 0 Å². The molecule has 0 aromatic heterocycles. The molecule has 0 saturated heterocycles. The number of nitrogens with zero attached hydrogens (tertiary/aromatic N) is 4. The van der Waals surface area contributed by atoms with Crippen molar-refractivity contribution in [2.45, 2.75) is 39.2 Å². The molecule has 2 heterocycles. The number of allylic oxidation sites excluding steroid dienone is 4. The van der Waals surface area contributed by atoms with Crippen LogP contribution >= 0.6 is 0 Å². The third-order valence-corrected chi connectivity index (χ3v) is 4.33. The number of fused-ring (bicyclic) bond motifs is 1. The van der Waals surface area contributed by atoms with E-state index in [2.05, 4.69) is 35.2 Å². The highest BCUT2D eigenvalue weighted by Crippen LogP contribution is 2.33. The number of aliphatic hydroxyl groups excluding tert-OH is 1. The number of hydrogen-bond acceptors (Lipinski definition) is 6. The SMILES string of the molecule is C/C=C\C(=C/C)C(O)C1=C2C(N)=NC=NN2C(CCCN(C)C)=CC1. The van der Waals surface area contributed by atoms with Gasteiger partial charge >= 0.3 is 0 Å². The molecule has 0 amide bonds. The van der Waals surface area contributed by atoms with Gasteiger partial charge in [-0.3, -0.25) is 0 Å². The van der Waals surface area contributed by atoms with Gasteiger partial charge in [0, 0.05) is 5.70 Å². The van der Waals surface area contributed by atoms with Crippen molar-refractivity contribution in [1.82, 2.24) is 9.91 Å². The molecule has 1 unspecified atom stereocenters. The molecule has 0 aliphatic carbocycles. The summed E-state index contributed by atoms with van der Waals surface area (Å²) in [5, 5.41) is 17.1. The van der Waals surface area contributed by atoms with Crippen molar-refractivity contribution in [2.75, 3.05) is 20.6 Å². The molecule has 0 saturated carbocycles. The van der Waals surface area contributed by atoms with Gasteiger partial charge in [-0.05, 0) is 64.9 Å². The van der Waals surface area contributed by atoms with Crippen molar-refractivity contribution >= 4 is 12.2 Å². The van der Waals surface area contributed by atoms with E-state index in [0.29, 0.717) is 12.3 Å². The van der Waals surface area contributed by atoms with Gasteiger partial charge in [0.2, 0.25) is 0 Å². The minimum atomic E-state index is -0.722. The lowest BCUT2D eigenvalue weighted by atomic mass is 9.92. The Morgan fingerprint density at radius 1 is 1.44 bits per heavy atom. The standard InChI is InChI=1S/C19H29N5O/c1-5-8-14(6-2)18(25)16-11-10-15(9-7-12-23(3)4)24-17(16)19(20)21-13-22-24/h5-6,8,10,13,18,25H,7,9,11-12H2,1-4H3,(H2,20,21,22)/b8-5-,14-6+. The fourth-order valence-electron chi connectivity index (χ4n) is 3.06. The zero-order valence-corrected chi connectivity index (χ0v) is 15.6. The summed E-state index contributed by atoms with van der Waals surface area (Å²) in [6, 6.07) is 0.